The predicted octanol–water partition coefficient (Wildman–Crippen LogP) is -0.888. The molecule has 0 radical (unpaired) electrons. The van der Waals surface area contributed by atoms with E-state index >= 15 is 0 Å². The van der Waals surface area contributed by atoms with Gasteiger partial charge in [0.1, 0.15) is 6.61 Å². The highest BCUT2D eigenvalue weighted by atomic mass is 35.5. The molecule has 4 nitrogen and oxygen atoms in total. The average Bonchev–Trinajstić information content (AvgIpc) is 1.61. The number of carboxylic acid groups (broad SMARTS) is 1. The lowest BCUT2D eigenvalue weighted by molar-refractivity contribution is -0.308. The maximum Gasteiger partial charge on any atom is 0.404 e. The zero-order valence-electron chi connectivity index (χ0n) is 3.72. The number of hydrogen-bond acceptors (Lipinski definition) is 4. The van der Waals surface area contributed by atoms with Crippen LogP contribution in [0.15, 0.2) is 0 Å². The second kappa shape index (κ2) is 3.26. The summed E-state index contributed by atoms with van der Waals surface area (Å²) in [6, 6.07) is 0. The fourth-order valence-electron chi connectivity index (χ4n) is 0.116. The van der Waals surface area contributed by atoms with E-state index in [1.165, 1.54) is 0 Å². The van der Waals surface area contributed by atoms with Crippen molar-refractivity contribution in [2.75, 3.05) is 6.61 Å². The fraction of sp³-hybridized carbons (Fsp3) is 0.333. The van der Waals surface area contributed by atoms with E-state index in [2.05, 4.69) is 16.3 Å². The van der Waals surface area contributed by atoms with Gasteiger partial charge in [0.2, 0.25) is 0 Å². The molecular weight excluding hydrogens is 135 g/mol. The summed E-state index contributed by atoms with van der Waals surface area (Å²) in [7, 11) is 0. The molecule has 0 aromatic heterocycles. The molecule has 0 aliphatic rings. The Morgan fingerprint density at radius 3 is 2.25 bits per heavy atom. The molecule has 8 heavy (non-hydrogen) atoms. The summed E-state index contributed by atoms with van der Waals surface area (Å²) in [5, 5.41) is 9.46. The lowest BCUT2D eigenvalue weighted by Crippen LogP contribution is -2.27. The van der Waals surface area contributed by atoms with E-state index < -0.39 is 18.0 Å². The first-order valence-corrected chi connectivity index (χ1v) is 2.03. The van der Waals surface area contributed by atoms with Crippen molar-refractivity contribution < 1.29 is 19.4 Å². The summed E-state index contributed by atoms with van der Waals surface area (Å²) in [4.78, 5) is 19.1. The molecule has 0 bridgehead atoms. The van der Waals surface area contributed by atoms with Gasteiger partial charge in [0.05, 0.1) is 5.97 Å². The molecule has 0 aromatic rings. The molecule has 5 heteroatoms. The lowest BCUT2D eigenvalue weighted by atomic mass is 10.8. The second-order valence-electron chi connectivity index (χ2n) is 0.898. The van der Waals surface area contributed by atoms with Crippen LogP contribution in [0.1, 0.15) is 0 Å². The Bertz CT molecular complexity index is 95.9. The average molecular weight is 137 g/mol. The van der Waals surface area contributed by atoms with E-state index in [9.17, 15) is 14.7 Å². The van der Waals surface area contributed by atoms with Gasteiger partial charge in [-0.15, -0.1) is 0 Å². The highest BCUT2D eigenvalue weighted by Crippen LogP contribution is 1.83. The zero-order valence-corrected chi connectivity index (χ0v) is 4.47. The first kappa shape index (κ1) is 7.23. The van der Waals surface area contributed by atoms with Crippen molar-refractivity contribution >= 4 is 23.0 Å². The smallest absolute Gasteiger partial charge is 0.404 e. The van der Waals surface area contributed by atoms with Crippen LogP contribution in [0, 0.1) is 0 Å². The fourth-order valence-corrected chi connectivity index (χ4v) is 0.170. The van der Waals surface area contributed by atoms with E-state index in [-0.39, 0.29) is 0 Å². The number of ether oxygens (including phenoxy) is 1. The second-order valence-corrected chi connectivity index (χ2v) is 1.21. The Kier molecular flexibility index (Phi) is 2.95. The van der Waals surface area contributed by atoms with Gasteiger partial charge >= 0.3 is 5.43 Å². The van der Waals surface area contributed by atoms with E-state index in [1.54, 1.807) is 0 Å². The van der Waals surface area contributed by atoms with E-state index in [0.29, 0.717) is 0 Å². The number of carbonyl (C=O) groups is 2. The Morgan fingerprint density at radius 2 is 2.12 bits per heavy atom. The van der Waals surface area contributed by atoms with Gasteiger partial charge in [-0.1, -0.05) is 0 Å². The van der Waals surface area contributed by atoms with E-state index in [0.717, 1.165) is 0 Å². The Balaban J connectivity index is 3.18. The van der Waals surface area contributed by atoms with Crippen LogP contribution in [0.4, 0.5) is 4.79 Å². The summed E-state index contributed by atoms with van der Waals surface area (Å²) in [5.41, 5.74) is -1.14. The molecule has 0 amide bonds. The zero-order chi connectivity index (χ0) is 6.57. The van der Waals surface area contributed by atoms with Crippen molar-refractivity contribution in [3.05, 3.63) is 0 Å². The van der Waals surface area contributed by atoms with Crippen molar-refractivity contribution in [2.24, 2.45) is 0 Å². The largest absolute Gasteiger partial charge is 0.546 e. The summed E-state index contributed by atoms with van der Waals surface area (Å²) in [5.74, 6) is -1.47. The minimum absolute atomic E-state index is 0.789. The van der Waals surface area contributed by atoms with Crippen molar-refractivity contribution in [3.63, 3.8) is 0 Å². The van der Waals surface area contributed by atoms with E-state index in [4.69, 9.17) is 0 Å². The number of aliphatic carboxylic acids is 1. The van der Waals surface area contributed by atoms with Crippen LogP contribution in [0.3, 0.4) is 0 Å². The van der Waals surface area contributed by atoms with Gasteiger partial charge in [-0.25, -0.2) is 4.79 Å². The van der Waals surface area contributed by atoms with Crippen LogP contribution < -0.4 is 5.11 Å². The Hall–Kier alpha value is -0.770. The quantitative estimate of drug-likeness (QED) is 0.463. The third kappa shape index (κ3) is 5.23. The third-order valence-corrected chi connectivity index (χ3v) is 0.413. The predicted molar refractivity (Wildman–Crippen MR) is 22.2 cm³/mol. The summed E-state index contributed by atoms with van der Waals surface area (Å²) >= 11 is 4.57. The molecule has 0 fully saturated rings. The molecule has 46 valence electrons. The molecule has 0 heterocycles. The molecule has 0 saturated carbocycles. The van der Waals surface area contributed by atoms with Crippen LogP contribution in [-0.2, 0) is 9.53 Å². The van der Waals surface area contributed by atoms with Crippen LogP contribution in [0.25, 0.3) is 0 Å². The van der Waals surface area contributed by atoms with Gasteiger partial charge in [0, 0.05) is 11.6 Å². The molecule has 0 atom stereocenters. The van der Waals surface area contributed by atoms with Crippen LogP contribution in [0.2, 0.25) is 0 Å². The van der Waals surface area contributed by atoms with Crippen molar-refractivity contribution in [1.29, 1.82) is 0 Å². The summed E-state index contributed by atoms with van der Waals surface area (Å²) < 4.78 is 3.77. The number of halogens is 1. The number of carbonyl (C=O) groups excluding carboxylic acids is 2. The van der Waals surface area contributed by atoms with Crippen LogP contribution in [-0.4, -0.2) is 18.0 Å². The Labute approximate surface area is 50.0 Å². The Morgan fingerprint density at radius 1 is 1.62 bits per heavy atom. The molecule has 0 rings (SSSR count). The van der Waals surface area contributed by atoms with Gasteiger partial charge < -0.3 is 14.6 Å². The van der Waals surface area contributed by atoms with Crippen LogP contribution in [0.5, 0.6) is 0 Å². The van der Waals surface area contributed by atoms with Gasteiger partial charge in [0.15, 0.2) is 0 Å². The SMILES string of the molecule is O=C([O-])COC(=O)Cl. The molecule has 0 unspecified atom stereocenters. The van der Waals surface area contributed by atoms with Crippen molar-refractivity contribution in [1.82, 2.24) is 0 Å². The van der Waals surface area contributed by atoms with E-state index in [1.807, 2.05) is 0 Å². The summed E-state index contributed by atoms with van der Waals surface area (Å²) in [6.45, 7) is -0.789. The minimum atomic E-state index is -1.47. The van der Waals surface area contributed by atoms with Crippen LogP contribution >= 0.6 is 11.6 Å². The number of carboxylic acids is 1. The molecule has 0 N–H and O–H groups in total. The van der Waals surface area contributed by atoms with Gasteiger partial charge in [-0.05, 0) is 0 Å². The molecule has 0 aliphatic carbocycles. The van der Waals surface area contributed by atoms with Gasteiger partial charge in [-0.3, -0.25) is 0 Å². The highest BCUT2D eigenvalue weighted by Gasteiger charge is 1.92. The normalized spacial score (nSPS) is 8.12. The standard InChI is InChI=1S/C3H3ClO4/c4-3(7)8-1-2(5)6/h1H2,(H,5,6)/p-1. The molecule has 0 saturated heterocycles. The molecule has 0 spiro atoms. The first-order valence-electron chi connectivity index (χ1n) is 1.65. The maximum atomic E-state index is 9.60. The van der Waals surface area contributed by atoms with Gasteiger partial charge in [-0.2, -0.15) is 0 Å². The lowest BCUT2D eigenvalue weighted by Gasteiger charge is -1.97. The number of hydrogen-bond donors (Lipinski definition) is 0. The van der Waals surface area contributed by atoms with Gasteiger partial charge in [0.25, 0.3) is 0 Å². The first-order chi connectivity index (χ1) is 3.63. The molecular formula is C3H2ClO4-. The summed E-state index contributed by atoms with van der Waals surface area (Å²) in [6.07, 6.45) is 0. The maximum absolute atomic E-state index is 9.60. The molecule has 0 aromatic carbocycles. The highest BCUT2D eigenvalue weighted by molar-refractivity contribution is 6.61. The monoisotopic (exact) mass is 137 g/mol. The van der Waals surface area contributed by atoms with Crippen molar-refractivity contribution in [3.8, 4) is 0 Å². The third-order valence-electron chi connectivity index (χ3n) is 0.303. The molecule has 0 aliphatic heterocycles. The minimum Gasteiger partial charge on any atom is -0.546 e. The number of rotatable bonds is 2. The topological polar surface area (TPSA) is 66.4 Å². The van der Waals surface area contributed by atoms with Crippen molar-refractivity contribution in [2.45, 2.75) is 0 Å².